The molecule has 0 aromatic carbocycles. The van der Waals surface area contributed by atoms with Gasteiger partial charge in [0, 0.05) is 0 Å². The van der Waals surface area contributed by atoms with Gasteiger partial charge in [0.05, 0.1) is 36.6 Å². The van der Waals surface area contributed by atoms with E-state index in [2.05, 4.69) is 0 Å². The number of rotatable bonds is 5. The maximum atomic E-state index is 9.92. The number of ether oxygens (including phenoxy) is 2. The Morgan fingerprint density at radius 2 is 1.20 bits per heavy atom. The fourth-order valence-electron chi connectivity index (χ4n) is 3.07. The molecule has 2 rings (SSSR count). The van der Waals surface area contributed by atoms with Gasteiger partial charge in [-0.1, -0.05) is 24.3 Å². The Balaban J connectivity index is 1.83. The second-order valence-electron chi connectivity index (χ2n) is 5.61. The summed E-state index contributed by atoms with van der Waals surface area (Å²) in [5.41, 5.74) is 0. The van der Waals surface area contributed by atoms with Gasteiger partial charge in [-0.05, 0) is 39.5 Å². The lowest BCUT2D eigenvalue weighted by molar-refractivity contribution is -0.0974. The molecule has 0 saturated carbocycles. The van der Waals surface area contributed by atoms with Crippen molar-refractivity contribution < 1.29 is 19.7 Å². The average molecular weight is 282 g/mol. The first-order chi connectivity index (χ1) is 9.65. The molecule has 2 N–H and O–H groups in total. The third-order valence-corrected chi connectivity index (χ3v) is 4.13. The van der Waals surface area contributed by atoms with Gasteiger partial charge in [0.25, 0.3) is 0 Å². The van der Waals surface area contributed by atoms with E-state index in [-0.39, 0.29) is 24.4 Å². The van der Waals surface area contributed by atoms with Crippen LogP contribution in [0.15, 0.2) is 24.3 Å². The standard InChI is InChI=1S/C16H26O4/c1-3-5-11(17)13-7-9-15(19-13)16-10-8-14(20-16)12(18)6-4-2/h3-6,11-18H,7-10H2,1-2H3/b5-3+,6-4+/t11-,12-,13-,14-,15+,16+/m0/s1. The van der Waals surface area contributed by atoms with Gasteiger partial charge in [0.1, 0.15) is 0 Å². The van der Waals surface area contributed by atoms with Gasteiger partial charge < -0.3 is 19.7 Å². The first kappa shape index (κ1) is 15.7. The molecule has 0 unspecified atom stereocenters. The van der Waals surface area contributed by atoms with Crippen molar-refractivity contribution in [1.82, 2.24) is 0 Å². The number of hydrogen-bond acceptors (Lipinski definition) is 4. The summed E-state index contributed by atoms with van der Waals surface area (Å²) in [5, 5.41) is 19.8. The Bertz CT molecular complexity index is 318. The van der Waals surface area contributed by atoms with Crippen LogP contribution in [0.5, 0.6) is 0 Å². The summed E-state index contributed by atoms with van der Waals surface area (Å²) in [6.45, 7) is 3.78. The smallest absolute Gasteiger partial charge is 0.0982 e. The van der Waals surface area contributed by atoms with Crippen molar-refractivity contribution in [2.75, 3.05) is 0 Å². The van der Waals surface area contributed by atoms with E-state index in [4.69, 9.17) is 9.47 Å². The number of aliphatic hydroxyl groups excluding tert-OH is 2. The topological polar surface area (TPSA) is 58.9 Å². The molecular formula is C16H26O4. The Morgan fingerprint density at radius 1 is 0.800 bits per heavy atom. The lowest BCUT2D eigenvalue weighted by atomic mass is 10.0. The zero-order valence-corrected chi connectivity index (χ0v) is 12.3. The van der Waals surface area contributed by atoms with Crippen molar-refractivity contribution in [3.63, 3.8) is 0 Å². The first-order valence-electron chi connectivity index (χ1n) is 7.58. The Hall–Kier alpha value is -0.680. The van der Waals surface area contributed by atoms with Crippen molar-refractivity contribution in [2.45, 2.75) is 76.2 Å². The molecule has 4 heteroatoms. The highest BCUT2D eigenvalue weighted by atomic mass is 16.6. The minimum atomic E-state index is -0.532. The van der Waals surface area contributed by atoms with E-state index in [0.29, 0.717) is 0 Å². The van der Waals surface area contributed by atoms with E-state index in [1.807, 2.05) is 26.0 Å². The van der Waals surface area contributed by atoms with Gasteiger partial charge in [-0.2, -0.15) is 0 Å². The molecule has 0 aromatic rings. The summed E-state index contributed by atoms with van der Waals surface area (Å²) in [6, 6.07) is 0. The highest BCUT2D eigenvalue weighted by molar-refractivity contribution is 4.97. The molecule has 0 aliphatic carbocycles. The highest BCUT2D eigenvalue weighted by Crippen LogP contribution is 2.33. The summed E-state index contributed by atoms with van der Waals surface area (Å²) in [6.07, 6.45) is 9.54. The summed E-state index contributed by atoms with van der Waals surface area (Å²) in [4.78, 5) is 0. The minimum absolute atomic E-state index is 0.0442. The maximum Gasteiger partial charge on any atom is 0.0982 e. The zero-order valence-electron chi connectivity index (χ0n) is 12.3. The van der Waals surface area contributed by atoms with E-state index >= 15 is 0 Å². The summed E-state index contributed by atoms with van der Waals surface area (Å²) in [7, 11) is 0. The molecule has 114 valence electrons. The second kappa shape index (κ2) is 7.36. The van der Waals surface area contributed by atoms with Crippen LogP contribution in [0.25, 0.3) is 0 Å². The minimum Gasteiger partial charge on any atom is -0.386 e. The molecule has 0 aromatic heterocycles. The number of aliphatic hydroxyl groups is 2. The fraction of sp³-hybridized carbons (Fsp3) is 0.750. The van der Waals surface area contributed by atoms with Gasteiger partial charge in [-0.15, -0.1) is 0 Å². The molecule has 0 radical (unpaired) electrons. The fourth-order valence-corrected chi connectivity index (χ4v) is 3.07. The zero-order chi connectivity index (χ0) is 14.5. The van der Waals surface area contributed by atoms with Crippen LogP contribution in [-0.2, 0) is 9.47 Å². The van der Waals surface area contributed by atoms with Crippen LogP contribution in [0.2, 0.25) is 0 Å². The van der Waals surface area contributed by atoms with E-state index in [9.17, 15) is 10.2 Å². The Kier molecular flexibility index (Phi) is 5.78. The van der Waals surface area contributed by atoms with Crippen molar-refractivity contribution in [1.29, 1.82) is 0 Å². The molecular weight excluding hydrogens is 256 g/mol. The lowest BCUT2D eigenvalue weighted by Crippen LogP contribution is -2.32. The van der Waals surface area contributed by atoms with Crippen LogP contribution < -0.4 is 0 Å². The maximum absolute atomic E-state index is 9.92. The third kappa shape index (κ3) is 3.70. The normalized spacial score (nSPS) is 38.0. The van der Waals surface area contributed by atoms with Crippen LogP contribution in [0.3, 0.4) is 0 Å². The van der Waals surface area contributed by atoms with Crippen molar-refractivity contribution in [2.24, 2.45) is 0 Å². The van der Waals surface area contributed by atoms with Gasteiger partial charge in [-0.3, -0.25) is 0 Å². The largest absolute Gasteiger partial charge is 0.386 e. The molecule has 2 fully saturated rings. The van der Waals surface area contributed by atoms with E-state index < -0.39 is 12.2 Å². The summed E-state index contributed by atoms with van der Waals surface area (Å²) in [5.74, 6) is 0. The lowest BCUT2D eigenvalue weighted by Gasteiger charge is -2.22. The Morgan fingerprint density at radius 3 is 1.55 bits per heavy atom. The molecule has 0 amide bonds. The Labute approximate surface area is 121 Å². The summed E-state index contributed by atoms with van der Waals surface area (Å²) >= 11 is 0. The van der Waals surface area contributed by atoms with Crippen LogP contribution >= 0.6 is 0 Å². The van der Waals surface area contributed by atoms with E-state index in [1.165, 1.54) is 0 Å². The van der Waals surface area contributed by atoms with Gasteiger partial charge in [0.15, 0.2) is 0 Å². The van der Waals surface area contributed by atoms with Crippen LogP contribution in [-0.4, -0.2) is 46.8 Å². The van der Waals surface area contributed by atoms with Crippen molar-refractivity contribution in [3.05, 3.63) is 24.3 Å². The molecule has 20 heavy (non-hydrogen) atoms. The van der Waals surface area contributed by atoms with E-state index in [1.54, 1.807) is 12.2 Å². The molecule has 2 heterocycles. The third-order valence-electron chi connectivity index (χ3n) is 4.13. The quantitative estimate of drug-likeness (QED) is 0.757. The SMILES string of the molecule is C/C=C/[C@H](O)[C@@H]1CC[C@H]([C@H]2CC[C@@H]([C@@H](O)/C=C/C)O2)O1. The van der Waals surface area contributed by atoms with Gasteiger partial charge in [-0.25, -0.2) is 0 Å². The average Bonchev–Trinajstić information content (AvgIpc) is 3.08. The molecule has 2 aliphatic heterocycles. The molecule has 4 nitrogen and oxygen atoms in total. The van der Waals surface area contributed by atoms with Gasteiger partial charge >= 0.3 is 0 Å². The second-order valence-corrected chi connectivity index (χ2v) is 5.61. The predicted octanol–water partition coefficient (Wildman–Crippen LogP) is 1.96. The molecule has 2 aliphatic rings. The van der Waals surface area contributed by atoms with Crippen LogP contribution in [0, 0.1) is 0 Å². The molecule has 2 saturated heterocycles. The summed E-state index contributed by atoms with van der Waals surface area (Å²) < 4.78 is 11.8. The number of allylic oxidation sites excluding steroid dienone is 2. The van der Waals surface area contributed by atoms with E-state index in [0.717, 1.165) is 25.7 Å². The van der Waals surface area contributed by atoms with Crippen LogP contribution in [0.1, 0.15) is 39.5 Å². The van der Waals surface area contributed by atoms with Crippen molar-refractivity contribution >= 4 is 0 Å². The first-order valence-corrected chi connectivity index (χ1v) is 7.58. The van der Waals surface area contributed by atoms with Gasteiger partial charge in [0.2, 0.25) is 0 Å². The number of hydrogen-bond donors (Lipinski definition) is 2. The molecule has 0 spiro atoms. The predicted molar refractivity (Wildman–Crippen MR) is 77.4 cm³/mol. The monoisotopic (exact) mass is 282 g/mol. The van der Waals surface area contributed by atoms with Crippen molar-refractivity contribution in [3.8, 4) is 0 Å². The highest BCUT2D eigenvalue weighted by Gasteiger charge is 2.40. The molecule has 6 atom stereocenters. The molecule has 0 bridgehead atoms. The van der Waals surface area contributed by atoms with Crippen LogP contribution in [0.4, 0.5) is 0 Å².